The van der Waals surface area contributed by atoms with Crippen LogP contribution in [-0.2, 0) is 9.53 Å². The molecule has 0 fully saturated rings. The molecule has 3 aromatic rings. The summed E-state index contributed by atoms with van der Waals surface area (Å²) in [5, 5.41) is 1.15. The molecular weight excluding hydrogens is 354 g/mol. The number of likely N-dealkylation sites (N-methyl/N-ethyl adjacent to an activating group) is 1. The number of carbonyl (C=O) groups excluding carboxylic acids is 2. The van der Waals surface area contributed by atoms with Gasteiger partial charge in [0.25, 0.3) is 5.91 Å². The predicted octanol–water partition coefficient (Wildman–Crippen LogP) is 4.38. The second-order valence-corrected chi connectivity index (χ2v) is 6.51. The molecule has 0 aliphatic heterocycles. The molecule has 0 saturated carbocycles. The van der Waals surface area contributed by atoms with Crippen LogP contribution in [0.4, 0.5) is 0 Å². The summed E-state index contributed by atoms with van der Waals surface area (Å²) in [4.78, 5) is 26.6. The second-order valence-electron chi connectivity index (χ2n) is 6.10. The molecule has 1 atom stereocenters. The van der Waals surface area contributed by atoms with Gasteiger partial charge in [-0.05, 0) is 13.0 Å². The fraction of sp³-hybridized carbons (Fsp3) is 0.200. The summed E-state index contributed by atoms with van der Waals surface area (Å²) in [6.07, 6.45) is -1.05. The van der Waals surface area contributed by atoms with Crippen molar-refractivity contribution in [2.75, 3.05) is 14.1 Å². The maximum Gasteiger partial charge on any atom is 0.375 e. The summed E-state index contributed by atoms with van der Waals surface area (Å²) in [5.74, 6) is -1.00. The number of esters is 1. The standard InChI is InChI=1S/C20H18ClNO4/c1-12-14-10-7-11-15(21)18(14)25-16(12)20(24)26-17(19(23)22(2)3)13-8-5-4-6-9-13/h4-11,17H,1-3H3. The molecule has 1 unspecified atom stereocenters. The van der Waals surface area contributed by atoms with E-state index in [0.29, 0.717) is 21.7 Å². The van der Waals surface area contributed by atoms with Crippen molar-refractivity contribution in [1.29, 1.82) is 0 Å². The van der Waals surface area contributed by atoms with Crippen molar-refractivity contribution in [2.24, 2.45) is 0 Å². The molecule has 2 aromatic carbocycles. The number of carbonyl (C=O) groups is 2. The summed E-state index contributed by atoms with van der Waals surface area (Å²) < 4.78 is 11.2. The normalized spacial score (nSPS) is 12.0. The molecule has 0 bridgehead atoms. The highest BCUT2D eigenvalue weighted by Crippen LogP contribution is 2.32. The lowest BCUT2D eigenvalue weighted by Crippen LogP contribution is -2.31. The van der Waals surface area contributed by atoms with Gasteiger partial charge in [0.05, 0.1) is 5.02 Å². The molecule has 5 nitrogen and oxygen atoms in total. The van der Waals surface area contributed by atoms with E-state index in [4.69, 9.17) is 20.8 Å². The van der Waals surface area contributed by atoms with E-state index >= 15 is 0 Å². The van der Waals surface area contributed by atoms with Gasteiger partial charge < -0.3 is 14.1 Å². The monoisotopic (exact) mass is 371 g/mol. The average molecular weight is 372 g/mol. The molecule has 1 aromatic heterocycles. The Labute approximate surface area is 156 Å². The van der Waals surface area contributed by atoms with E-state index in [0.717, 1.165) is 5.39 Å². The Bertz CT molecular complexity index is 963. The summed E-state index contributed by atoms with van der Waals surface area (Å²) >= 11 is 6.13. The van der Waals surface area contributed by atoms with E-state index in [9.17, 15) is 9.59 Å². The Morgan fingerprint density at radius 2 is 1.77 bits per heavy atom. The highest BCUT2D eigenvalue weighted by Gasteiger charge is 2.29. The van der Waals surface area contributed by atoms with Gasteiger partial charge >= 0.3 is 5.97 Å². The summed E-state index contributed by atoms with van der Waals surface area (Å²) in [5.41, 5.74) is 1.64. The Hall–Kier alpha value is -2.79. The number of amides is 1. The van der Waals surface area contributed by atoms with Crippen LogP contribution in [0.1, 0.15) is 27.8 Å². The molecule has 0 N–H and O–H groups in total. The van der Waals surface area contributed by atoms with Crippen molar-refractivity contribution < 1.29 is 18.7 Å². The second kappa shape index (κ2) is 7.22. The van der Waals surface area contributed by atoms with Gasteiger partial charge in [0, 0.05) is 30.6 Å². The molecular formula is C20H18ClNO4. The maximum absolute atomic E-state index is 12.7. The minimum atomic E-state index is -1.05. The number of aryl methyl sites for hydroxylation is 1. The van der Waals surface area contributed by atoms with Crippen LogP contribution in [0.5, 0.6) is 0 Å². The van der Waals surface area contributed by atoms with Gasteiger partial charge in [-0.2, -0.15) is 0 Å². The number of halogens is 1. The van der Waals surface area contributed by atoms with Gasteiger partial charge in [-0.1, -0.05) is 54.1 Å². The smallest absolute Gasteiger partial charge is 0.375 e. The van der Waals surface area contributed by atoms with Crippen molar-refractivity contribution in [3.63, 3.8) is 0 Å². The molecule has 3 rings (SSSR count). The zero-order valence-electron chi connectivity index (χ0n) is 14.7. The number of para-hydroxylation sites is 1. The Balaban J connectivity index is 1.97. The molecule has 0 saturated heterocycles. The number of fused-ring (bicyclic) bond motifs is 1. The highest BCUT2D eigenvalue weighted by atomic mass is 35.5. The van der Waals surface area contributed by atoms with Crippen molar-refractivity contribution in [2.45, 2.75) is 13.0 Å². The van der Waals surface area contributed by atoms with Crippen molar-refractivity contribution >= 4 is 34.4 Å². The van der Waals surface area contributed by atoms with Crippen molar-refractivity contribution in [3.8, 4) is 0 Å². The third-order valence-corrected chi connectivity index (χ3v) is 4.39. The van der Waals surface area contributed by atoms with Crippen LogP contribution in [0, 0.1) is 6.92 Å². The number of rotatable bonds is 4. The lowest BCUT2D eigenvalue weighted by molar-refractivity contribution is -0.138. The van der Waals surface area contributed by atoms with E-state index in [1.165, 1.54) is 4.90 Å². The fourth-order valence-electron chi connectivity index (χ4n) is 2.69. The minimum absolute atomic E-state index is 0.0422. The van der Waals surface area contributed by atoms with Crippen LogP contribution < -0.4 is 0 Å². The van der Waals surface area contributed by atoms with Crippen LogP contribution in [0.3, 0.4) is 0 Å². The minimum Gasteiger partial charge on any atom is -0.447 e. The van der Waals surface area contributed by atoms with Gasteiger partial charge in [-0.15, -0.1) is 0 Å². The van der Waals surface area contributed by atoms with Gasteiger partial charge in [0.15, 0.2) is 5.58 Å². The zero-order valence-corrected chi connectivity index (χ0v) is 15.4. The summed E-state index contributed by atoms with van der Waals surface area (Å²) in [7, 11) is 3.22. The number of benzene rings is 2. The third kappa shape index (κ3) is 3.30. The van der Waals surface area contributed by atoms with Crippen LogP contribution in [0.25, 0.3) is 11.0 Å². The number of furan rings is 1. The lowest BCUT2D eigenvalue weighted by atomic mass is 10.1. The molecule has 0 aliphatic carbocycles. The average Bonchev–Trinajstić information content (AvgIpc) is 2.98. The zero-order chi connectivity index (χ0) is 18.8. The van der Waals surface area contributed by atoms with Crippen LogP contribution in [0.15, 0.2) is 52.9 Å². The summed E-state index contributed by atoms with van der Waals surface area (Å²) in [6.45, 7) is 1.75. The molecule has 0 spiro atoms. The Morgan fingerprint density at radius 3 is 2.38 bits per heavy atom. The van der Waals surface area contributed by atoms with E-state index in [1.54, 1.807) is 57.4 Å². The summed E-state index contributed by atoms with van der Waals surface area (Å²) in [6, 6.07) is 14.2. The van der Waals surface area contributed by atoms with E-state index < -0.39 is 12.1 Å². The largest absolute Gasteiger partial charge is 0.447 e. The first-order chi connectivity index (χ1) is 12.4. The van der Waals surface area contributed by atoms with E-state index in [-0.39, 0.29) is 11.7 Å². The van der Waals surface area contributed by atoms with Gasteiger partial charge in [0.2, 0.25) is 11.9 Å². The third-order valence-electron chi connectivity index (χ3n) is 4.09. The number of hydrogen-bond donors (Lipinski definition) is 0. The Kier molecular flexibility index (Phi) is 5.00. The van der Waals surface area contributed by atoms with Crippen molar-refractivity contribution in [1.82, 2.24) is 4.90 Å². The number of hydrogen-bond acceptors (Lipinski definition) is 4. The molecule has 26 heavy (non-hydrogen) atoms. The maximum atomic E-state index is 12.7. The van der Waals surface area contributed by atoms with Crippen LogP contribution >= 0.6 is 11.6 Å². The molecule has 0 aliphatic rings. The number of nitrogens with zero attached hydrogens (tertiary/aromatic N) is 1. The van der Waals surface area contributed by atoms with Gasteiger partial charge in [-0.25, -0.2) is 4.79 Å². The first-order valence-electron chi connectivity index (χ1n) is 8.05. The molecule has 1 amide bonds. The SMILES string of the molecule is Cc1c(C(=O)OC(C(=O)N(C)C)c2ccccc2)oc2c(Cl)cccc12. The van der Waals surface area contributed by atoms with Crippen molar-refractivity contribution in [3.05, 3.63) is 70.4 Å². The quantitative estimate of drug-likeness (QED) is 0.638. The van der Waals surface area contributed by atoms with E-state index in [1.807, 2.05) is 12.1 Å². The number of ether oxygens (including phenoxy) is 1. The van der Waals surface area contributed by atoms with Crippen LogP contribution in [0.2, 0.25) is 5.02 Å². The van der Waals surface area contributed by atoms with Crippen LogP contribution in [-0.4, -0.2) is 30.9 Å². The predicted molar refractivity (Wildman–Crippen MR) is 99.3 cm³/mol. The first-order valence-corrected chi connectivity index (χ1v) is 8.42. The molecule has 134 valence electrons. The molecule has 0 radical (unpaired) electrons. The first kappa shape index (κ1) is 18.0. The van der Waals surface area contributed by atoms with E-state index in [2.05, 4.69) is 0 Å². The highest BCUT2D eigenvalue weighted by molar-refractivity contribution is 6.35. The molecule has 1 heterocycles. The Morgan fingerprint density at radius 1 is 1.08 bits per heavy atom. The lowest BCUT2D eigenvalue weighted by Gasteiger charge is -2.20. The topological polar surface area (TPSA) is 59.8 Å². The fourth-order valence-corrected chi connectivity index (χ4v) is 2.90. The molecule has 6 heteroatoms. The van der Waals surface area contributed by atoms with Gasteiger partial charge in [0.1, 0.15) is 0 Å². The van der Waals surface area contributed by atoms with Gasteiger partial charge in [-0.3, -0.25) is 4.79 Å².